The number of aryl methyl sites for hydroxylation is 1. The van der Waals surface area contributed by atoms with Crippen molar-refractivity contribution in [2.45, 2.75) is 51.2 Å². The first-order chi connectivity index (χ1) is 11.5. The molecule has 1 aromatic heterocycles. The number of furan rings is 1. The summed E-state index contributed by atoms with van der Waals surface area (Å²) in [5.41, 5.74) is 0. The number of hydrogen-bond acceptors (Lipinski definition) is 4. The number of amides is 2. The van der Waals surface area contributed by atoms with E-state index in [1.165, 1.54) is 0 Å². The molecule has 0 aromatic carbocycles. The zero-order valence-electron chi connectivity index (χ0n) is 14.8. The quantitative estimate of drug-likeness (QED) is 0.794. The topological polar surface area (TPSA) is 57.0 Å². The van der Waals surface area contributed by atoms with E-state index in [0.717, 1.165) is 43.7 Å². The Labute approximate surface area is 143 Å². The smallest absolute Gasteiger partial charge is 0.239 e. The molecule has 1 aliphatic heterocycles. The van der Waals surface area contributed by atoms with Crippen molar-refractivity contribution in [2.75, 3.05) is 27.2 Å². The lowest BCUT2D eigenvalue weighted by Gasteiger charge is -2.28. The van der Waals surface area contributed by atoms with E-state index in [1.807, 2.05) is 28.9 Å². The largest absolute Gasteiger partial charge is 0.464 e. The van der Waals surface area contributed by atoms with Crippen molar-refractivity contribution in [3.05, 3.63) is 23.7 Å². The monoisotopic (exact) mass is 333 g/mol. The fourth-order valence-corrected chi connectivity index (χ4v) is 3.40. The van der Waals surface area contributed by atoms with Gasteiger partial charge in [-0.1, -0.05) is 0 Å². The molecule has 1 unspecified atom stereocenters. The van der Waals surface area contributed by atoms with Gasteiger partial charge in [0.15, 0.2) is 0 Å². The second kappa shape index (κ2) is 6.97. The molecule has 1 saturated carbocycles. The Morgan fingerprint density at radius 2 is 2.00 bits per heavy atom. The zero-order chi connectivity index (χ0) is 17.3. The Morgan fingerprint density at radius 1 is 1.25 bits per heavy atom. The van der Waals surface area contributed by atoms with Gasteiger partial charge in [0, 0.05) is 20.1 Å². The summed E-state index contributed by atoms with van der Waals surface area (Å²) in [6, 6.07) is 4.04. The average Bonchev–Trinajstić information content (AvgIpc) is 3.14. The Morgan fingerprint density at radius 3 is 2.58 bits per heavy atom. The zero-order valence-corrected chi connectivity index (χ0v) is 14.8. The number of likely N-dealkylation sites (N-methyl/N-ethyl adjacent to an activating group) is 1. The van der Waals surface area contributed by atoms with Crippen LogP contribution in [0.5, 0.6) is 0 Å². The Bertz CT molecular complexity index is 606. The van der Waals surface area contributed by atoms with Gasteiger partial charge in [-0.25, -0.2) is 0 Å². The lowest BCUT2D eigenvalue weighted by Crippen LogP contribution is -2.47. The molecule has 0 radical (unpaired) electrons. The molecule has 2 amide bonds. The molecule has 2 aliphatic rings. The van der Waals surface area contributed by atoms with Crippen LogP contribution in [0.3, 0.4) is 0 Å². The summed E-state index contributed by atoms with van der Waals surface area (Å²) in [7, 11) is 3.55. The molecular weight excluding hydrogens is 306 g/mol. The average molecular weight is 333 g/mol. The van der Waals surface area contributed by atoms with Crippen molar-refractivity contribution in [1.29, 1.82) is 0 Å². The molecule has 6 heteroatoms. The molecule has 0 bridgehead atoms. The van der Waals surface area contributed by atoms with Gasteiger partial charge in [-0.05, 0) is 51.3 Å². The summed E-state index contributed by atoms with van der Waals surface area (Å²) in [5.74, 6) is 1.89. The van der Waals surface area contributed by atoms with Crippen LogP contribution in [0.4, 0.5) is 0 Å². The van der Waals surface area contributed by atoms with E-state index in [9.17, 15) is 9.59 Å². The van der Waals surface area contributed by atoms with Crippen molar-refractivity contribution >= 4 is 11.8 Å². The van der Waals surface area contributed by atoms with Gasteiger partial charge < -0.3 is 14.2 Å². The maximum atomic E-state index is 12.8. The number of carbonyl (C=O) groups excluding carboxylic acids is 2. The van der Waals surface area contributed by atoms with Crippen molar-refractivity contribution in [1.82, 2.24) is 14.7 Å². The van der Waals surface area contributed by atoms with Crippen LogP contribution in [0.1, 0.15) is 37.2 Å². The van der Waals surface area contributed by atoms with E-state index in [0.29, 0.717) is 19.1 Å². The van der Waals surface area contributed by atoms with Gasteiger partial charge in [-0.2, -0.15) is 0 Å². The van der Waals surface area contributed by atoms with E-state index in [-0.39, 0.29) is 17.9 Å². The van der Waals surface area contributed by atoms with Gasteiger partial charge in [0.25, 0.3) is 0 Å². The summed E-state index contributed by atoms with van der Waals surface area (Å²) >= 11 is 0. The highest BCUT2D eigenvalue weighted by Gasteiger charge is 2.37. The number of carbonyl (C=O) groups is 2. The minimum Gasteiger partial charge on any atom is -0.464 e. The molecule has 1 aromatic rings. The van der Waals surface area contributed by atoms with Crippen LogP contribution in [0.25, 0.3) is 0 Å². The third-order valence-corrected chi connectivity index (χ3v) is 4.86. The minimum atomic E-state index is -0.157. The van der Waals surface area contributed by atoms with E-state index < -0.39 is 0 Å². The van der Waals surface area contributed by atoms with E-state index in [2.05, 4.69) is 0 Å². The van der Waals surface area contributed by atoms with Gasteiger partial charge in [-0.3, -0.25) is 14.5 Å². The molecule has 3 rings (SSSR count). The number of likely N-dealkylation sites (tertiary alicyclic amines) is 1. The van der Waals surface area contributed by atoms with Crippen LogP contribution in [0, 0.1) is 6.92 Å². The molecule has 2 fully saturated rings. The van der Waals surface area contributed by atoms with Crippen molar-refractivity contribution in [3.8, 4) is 0 Å². The summed E-state index contributed by atoms with van der Waals surface area (Å²) in [6.45, 7) is 3.57. The van der Waals surface area contributed by atoms with Crippen LogP contribution in [0.2, 0.25) is 0 Å². The SMILES string of the molecule is Cc1ccc(CN(C(=O)CN2CCCC2C(=O)N(C)C)C2CC2)o1. The van der Waals surface area contributed by atoms with E-state index in [4.69, 9.17) is 4.42 Å². The van der Waals surface area contributed by atoms with Gasteiger partial charge >= 0.3 is 0 Å². The summed E-state index contributed by atoms with van der Waals surface area (Å²) in [4.78, 5) is 30.7. The predicted molar refractivity (Wildman–Crippen MR) is 90.3 cm³/mol. The van der Waals surface area contributed by atoms with E-state index in [1.54, 1.807) is 19.0 Å². The standard InChI is InChI=1S/C18H27N3O3/c1-13-6-9-15(24-13)11-21(14-7-8-14)17(22)12-20-10-4-5-16(20)18(23)19(2)3/h6,9,14,16H,4-5,7-8,10-12H2,1-3H3. The first kappa shape index (κ1) is 17.0. The molecule has 0 spiro atoms. The van der Waals surface area contributed by atoms with Gasteiger partial charge in [0.2, 0.25) is 11.8 Å². The number of rotatable bonds is 6. The van der Waals surface area contributed by atoms with Crippen molar-refractivity contribution in [2.24, 2.45) is 0 Å². The first-order valence-electron chi connectivity index (χ1n) is 8.75. The van der Waals surface area contributed by atoms with Crippen molar-refractivity contribution < 1.29 is 14.0 Å². The molecule has 0 N–H and O–H groups in total. The molecule has 1 saturated heterocycles. The molecule has 132 valence electrons. The minimum absolute atomic E-state index is 0.0972. The number of nitrogens with zero attached hydrogens (tertiary/aromatic N) is 3. The van der Waals surface area contributed by atoms with Gasteiger partial charge in [0.05, 0.1) is 19.1 Å². The third kappa shape index (κ3) is 3.80. The Kier molecular flexibility index (Phi) is 4.94. The van der Waals surface area contributed by atoms with Crippen LogP contribution in [-0.2, 0) is 16.1 Å². The molecule has 6 nitrogen and oxygen atoms in total. The predicted octanol–water partition coefficient (Wildman–Crippen LogP) is 1.63. The lowest BCUT2D eigenvalue weighted by molar-refractivity contribution is -0.137. The molecule has 1 aliphatic carbocycles. The van der Waals surface area contributed by atoms with Crippen LogP contribution in [-0.4, -0.2) is 65.8 Å². The van der Waals surface area contributed by atoms with Crippen molar-refractivity contribution in [3.63, 3.8) is 0 Å². The highest BCUT2D eigenvalue weighted by atomic mass is 16.3. The fraction of sp³-hybridized carbons (Fsp3) is 0.667. The molecule has 1 atom stereocenters. The summed E-state index contributed by atoms with van der Waals surface area (Å²) in [5, 5.41) is 0. The lowest BCUT2D eigenvalue weighted by atomic mass is 10.2. The molecular formula is C18H27N3O3. The third-order valence-electron chi connectivity index (χ3n) is 4.86. The summed E-state index contributed by atoms with van der Waals surface area (Å²) in [6.07, 6.45) is 3.93. The normalized spacial score (nSPS) is 21.0. The van der Waals surface area contributed by atoms with Crippen LogP contribution >= 0.6 is 0 Å². The van der Waals surface area contributed by atoms with Gasteiger partial charge in [-0.15, -0.1) is 0 Å². The highest BCUT2D eigenvalue weighted by molar-refractivity contribution is 5.84. The molecule has 2 heterocycles. The van der Waals surface area contributed by atoms with E-state index >= 15 is 0 Å². The van der Waals surface area contributed by atoms with Crippen LogP contribution in [0.15, 0.2) is 16.5 Å². The molecule has 24 heavy (non-hydrogen) atoms. The highest BCUT2D eigenvalue weighted by Crippen LogP contribution is 2.29. The Balaban J connectivity index is 1.64. The first-order valence-corrected chi connectivity index (χ1v) is 8.75. The second-order valence-corrected chi connectivity index (χ2v) is 7.13. The summed E-state index contributed by atoms with van der Waals surface area (Å²) < 4.78 is 5.63. The maximum absolute atomic E-state index is 12.8. The van der Waals surface area contributed by atoms with Gasteiger partial charge in [0.1, 0.15) is 11.5 Å². The van der Waals surface area contributed by atoms with Crippen LogP contribution < -0.4 is 0 Å². The number of hydrogen-bond donors (Lipinski definition) is 0. The fourth-order valence-electron chi connectivity index (χ4n) is 3.40. The second-order valence-electron chi connectivity index (χ2n) is 7.13. The Hall–Kier alpha value is -1.82. The maximum Gasteiger partial charge on any atom is 0.239 e.